The molecule has 0 fully saturated rings. The van der Waals surface area contributed by atoms with Crippen LogP contribution in [0, 0.1) is 6.92 Å². The molecule has 2 rings (SSSR count). The lowest BCUT2D eigenvalue weighted by Gasteiger charge is -2.07. The van der Waals surface area contributed by atoms with E-state index in [9.17, 15) is 0 Å². The number of aryl methyl sites for hydroxylation is 2. The van der Waals surface area contributed by atoms with Crippen LogP contribution in [0.4, 0.5) is 11.6 Å². The Morgan fingerprint density at radius 1 is 1.21 bits per heavy atom. The molecular formula is C13H20N6. The van der Waals surface area contributed by atoms with Gasteiger partial charge in [0.2, 0.25) is 0 Å². The summed E-state index contributed by atoms with van der Waals surface area (Å²) in [6.45, 7) is 5.76. The van der Waals surface area contributed by atoms with Crippen LogP contribution in [0.5, 0.6) is 0 Å². The zero-order valence-electron chi connectivity index (χ0n) is 11.6. The third-order valence-electron chi connectivity index (χ3n) is 2.80. The molecule has 0 atom stereocenters. The first kappa shape index (κ1) is 13.3. The highest BCUT2D eigenvalue weighted by Gasteiger charge is 2.03. The van der Waals surface area contributed by atoms with Crippen LogP contribution >= 0.6 is 0 Å². The van der Waals surface area contributed by atoms with Crippen LogP contribution < -0.4 is 10.6 Å². The van der Waals surface area contributed by atoms with Crippen molar-refractivity contribution in [3.05, 3.63) is 29.8 Å². The van der Waals surface area contributed by atoms with Gasteiger partial charge in [-0.2, -0.15) is 5.10 Å². The molecule has 0 unspecified atom stereocenters. The van der Waals surface area contributed by atoms with Crippen LogP contribution in [-0.2, 0) is 13.6 Å². The summed E-state index contributed by atoms with van der Waals surface area (Å²) < 4.78 is 1.82. The largest absolute Gasteiger partial charge is 0.370 e. The molecule has 19 heavy (non-hydrogen) atoms. The van der Waals surface area contributed by atoms with E-state index in [0.717, 1.165) is 30.3 Å². The van der Waals surface area contributed by atoms with Gasteiger partial charge in [0.1, 0.15) is 18.0 Å². The Bertz CT molecular complexity index is 534. The molecular weight excluding hydrogens is 240 g/mol. The minimum atomic E-state index is 0.712. The summed E-state index contributed by atoms with van der Waals surface area (Å²) in [6.07, 6.45) is 4.65. The molecule has 102 valence electrons. The summed E-state index contributed by atoms with van der Waals surface area (Å²) in [7, 11) is 1.92. The molecule has 6 heteroatoms. The van der Waals surface area contributed by atoms with Gasteiger partial charge in [-0.05, 0) is 13.3 Å². The van der Waals surface area contributed by atoms with Crippen LogP contribution in [0.2, 0.25) is 0 Å². The molecule has 0 radical (unpaired) electrons. The maximum atomic E-state index is 4.31. The predicted molar refractivity (Wildman–Crippen MR) is 76.1 cm³/mol. The average molecular weight is 260 g/mol. The Kier molecular flexibility index (Phi) is 4.33. The molecule has 0 aliphatic carbocycles. The predicted octanol–water partition coefficient (Wildman–Crippen LogP) is 1.95. The van der Waals surface area contributed by atoms with E-state index in [4.69, 9.17) is 0 Å². The number of nitrogens with one attached hydrogen (secondary N) is 2. The van der Waals surface area contributed by atoms with Gasteiger partial charge in [-0.1, -0.05) is 6.92 Å². The van der Waals surface area contributed by atoms with E-state index < -0.39 is 0 Å². The molecule has 2 N–H and O–H groups in total. The van der Waals surface area contributed by atoms with Crippen molar-refractivity contribution in [2.45, 2.75) is 26.8 Å². The second-order valence-corrected chi connectivity index (χ2v) is 4.48. The molecule has 0 amide bonds. The molecule has 0 saturated carbocycles. The smallest absolute Gasteiger partial charge is 0.131 e. The van der Waals surface area contributed by atoms with Crippen LogP contribution in [0.15, 0.2) is 18.6 Å². The van der Waals surface area contributed by atoms with Crippen molar-refractivity contribution in [1.29, 1.82) is 0 Å². The first-order chi connectivity index (χ1) is 9.19. The van der Waals surface area contributed by atoms with Crippen molar-refractivity contribution in [2.24, 2.45) is 7.05 Å². The molecule has 6 nitrogen and oxygen atoms in total. The zero-order valence-corrected chi connectivity index (χ0v) is 11.6. The summed E-state index contributed by atoms with van der Waals surface area (Å²) in [5, 5.41) is 10.8. The number of hydrogen-bond donors (Lipinski definition) is 2. The Hall–Kier alpha value is -2.11. The van der Waals surface area contributed by atoms with Crippen molar-refractivity contribution in [2.75, 3.05) is 17.2 Å². The zero-order chi connectivity index (χ0) is 13.7. The number of hydrogen-bond acceptors (Lipinski definition) is 5. The van der Waals surface area contributed by atoms with E-state index in [1.54, 1.807) is 6.33 Å². The van der Waals surface area contributed by atoms with Gasteiger partial charge < -0.3 is 10.6 Å². The van der Waals surface area contributed by atoms with E-state index in [-0.39, 0.29) is 0 Å². The maximum Gasteiger partial charge on any atom is 0.131 e. The topological polar surface area (TPSA) is 67.7 Å². The highest BCUT2D eigenvalue weighted by molar-refractivity contribution is 5.46. The monoisotopic (exact) mass is 260 g/mol. The summed E-state index contributed by atoms with van der Waals surface area (Å²) >= 11 is 0. The van der Waals surface area contributed by atoms with Crippen LogP contribution in [-0.4, -0.2) is 26.3 Å². The van der Waals surface area contributed by atoms with Gasteiger partial charge in [0.15, 0.2) is 0 Å². The normalized spacial score (nSPS) is 10.5. The van der Waals surface area contributed by atoms with Gasteiger partial charge in [-0.25, -0.2) is 9.97 Å². The van der Waals surface area contributed by atoms with Crippen LogP contribution in [0.25, 0.3) is 0 Å². The Balaban J connectivity index is 1.97. The SMILES string of the molecule is CCCNc1cc(NCc2cn(C)nc2C)ncn1. The van der Waals surface area contributed by atoms with Crippen molar-refractivity contribution in [1.82, 2.24) is 19.7 Å². The summed E-state index contributed by atoms with van der Waals surface area (Å²) in [6, 6.07) is 1.92. The lowest BCUT2D eigenvalue weighted by molar-refractivity contribution is 0.756. The van der Waals surface area contributed by atoms with Gasteiger partial charge >= 0.3 is 0 Å². The van der Waals surface area contributed by atoms with E-state index in [2.05, 4.69) is 32.6 Å². The Labute approximate surface area is 113 Å². The Morgan fingerprint density at radius 3 is 2.58 bits per heavy atom. The molecule has 0 aliphatic heterocycles. The summed E-state index contributed by atoms with van der Waals surface area (Å²) in [5.41, 5.74) is 2.21. The minimum absolute atomic E-state index is 0.712. The van der Waals surface area contributed by atoms with Crippen LogP contribution in [0.3, 0.4) is 0 Å². The number of rotatable bonds is 6. The molecule has 0 bridgehead atoms. The van der Waals surface area contributed by atoms with Gasteiger partial charge in [0.05, 0.1) is 5.69 Å². The maximum absolute atomic E-state index is 4.31. The van der Waals surface area contributed by atoms with Gasteiger partial charge in [-0.15, -0.1) is 0 Å². The van der Waals surface area contributed by atoms with Gasteiger partial charge in [-0.3, -0.25) is 4.68 Å². The van der Waals surface area contributed by atoms with Crippen molar-refractivity contribution in [3.8, 4) is 0 Å². The minimum Gasteiger partial charge on any atom is -0.370 e. The van der Waals surface area contributed by atoms with Crippen LogP contribution in [0.1, 0.15) is 24.6 Å². The number of nitrogens with zero attached hydrogens (tertiary/aromatic N) is 4. The van der Waals surface area contributed by atoms with E-state index in [1.165, 1.54) is 5.56 Å². The number of aromatic nitrogens is 4. The molecule has 0 aromatic carbocycles. The van der Waals surface area contributed by atoms with Crippen molar-refractivity contribution in [3.63, 3.8) is 0 Å². The molecule has 0 saturated heterocycles. The van der Waals surface area contributed by atoms with Crippen molar-refractivity contribution >= 4 is 11.6 Å². The van der Waals surface area contributed by atoms with E-state index in [1.807, 2.05) is 30.9 Å². The van der Waals surface area contributed by atoms with E-state index in [0.29, 0.717) is 6.54 Å². The van der Waals surface area contributed by atoms with Gasteiger partial charge in [0.25, 0.3) is 0 Å². The fourth-order valence-electron chi connectivity index (χ4n) is 1.81. The fourth-order valence-corrected chi connectivity index (χ4v) is 1.81. The third-order valence-corrected chi connectivity index (χ3v) is 2.80. The Morgan fingerprint density at radius 2 is 1.95 bits per heavy atom. The van der Waals surface area contributed by atoms with Crippen molar-refractivity contribution < 1.29 is 0 Å². The second kappa shape index (κ2) is 6.17. The quantitative estimate of drug-likeness (QED) is 0.831. The molecule has 2 aromatic heterocycles. The molecule has 2 heterocycles. The fraction of sp³-hybridized carbons (Fsp3) is 0.462. The first-order valence-electron chi connectivity index (χ1n) is 6.48. The number of anilines is 2. The molecule has 0 aliphatic rings. The first-order valence-corrected chi connectivity index (χ1v) is 6.48. The highest BCUT2D eigenvalue weighted by atomic mass is 15.3. The highest BCUT2D eigenvalue weighted by Crippen LogP contribution is 2.11. The second-order valence-electron chi connectivity index (χ2n) is 4.48. The average Bonchev–Trinajstić information content (AvgIpc) is 2.73. The lowest BCUT2D eigenvalue weighted by atomic mass is 10.2. The van der Waals surface area contributed by atoms with Gasteiger partial charge in [0, 0.05) is 38.0 Å². The summed E-state index contributed by atoms with van der Waals surface area (Å²) in [5.74, 6) is 1.67. The summed E-state index contributed by atoms with van der Waals surface area (Å²) in [4.78, 5) is 8.38. The molecule has 0 spiro atoms. The standard InChI is InChI=1S/C13H20N6/c1-4-5-14-12-6-13(17-9-16-12)15-7-11-8-19(3)18-10(11)2/h6,8-9H,4-5,7H2,1-3H3,(H2,14,15,16,17). The lowest BCUT2D eigenvalue weighted by Crippen LogP contribution is -2.05. The van der Waals surface area contributed by atoms with E-state index >= 15 is 0 Å². The molecule has 2 aromatic rings. The third kappa shape index (κ3) is 3.67.